The molecule has 0 radical (unpaired) electrons. The zero-order valence-electron chi connectivity index (χ0n) is 22.4. The quantitative estimate of drug-likeness (QED) is 0.483. The van der Waals surface area contributed by atoms with Gasteiger partial charge < -0.3 is 25.3 Å². The van der Waals surface area contributed by atoms with E-state index in [1.54, 1.807) is 0 Å². The third kappa shape index (κ3) is 4.72. The Morgan fingerprint density at radius 1 is 1.14 bits per heavy atom. The molecule has 3 aliphatic carbocycles. The smallest absolute Gasteiger partial charge is 0.404 e. The highest BCUT2D eigenvalue weighted by atomic mass is 16.7. The molecule has 5 aliphatic rings. The molecule has 1 aromatic carbocycles. The van der Waals surface area contributed by atoms with Gasteiger partial charge in [0.15, 0.2) is 0 Å². The SMILES string of the molecule is CC(C)[C@H](NC(=O)[C@@H]1C[C@H](NC(=O)CCc2ccccc2)CN1)B1O[C@@H]2C[C@@H]3C[C@@H](C3(C)C)[C@]2(C)O1. The maximum absolute atomic E-state index is 13.2. The molecule has 5 fully saturated rings. The van der Waals surface area contributed by atoms with Crippen LogP contribution in [0, 0.1) is 23.2 Å². The summed E-state index contributed by atoms with van der Waals surface area (Å²) in [5.74, 6) is 1.10. The highest BCUT2D eigenvalue weighted by Crippen LogP contribution is 2.65. The Hall–Kier alpha value is -1.90. The molecule has 0 aromatic heterocycles. The second-order valence-corrected chi connectivity index (χ2v) is 12.6. The third-order valence-corrected chi connectivity index (χ3v) is 9.59. The molecule has 3 saturated carbocycles. The van der Waals surface area contributed by atoms with Crippen LogP contribution in [-0.4, -0.2) is 55.2 Å². The molecule has 6 rings (SSSR count). The van der Waals surface area contributed by atoms with E-state index >= 15 is 0 Å². The molecule has 2 bridgehead atoms. The number of carbonyl (C=O) groups is 2. The first-order valence-electron chi connectivity index (χ1n) is 13.8. The fourth-order valence-corrected chi connectivity index (χ4v) is 7.11. The van der Waals surface area contributed by atoms with Crippen molar-refractivity contribution in [3.8, 4) is 0 Å². The molecule has 2 aliphatic heterocycles. The first kappa shape index (κ1) is 25.7. The van der Waals surface area contributed by atoms with Gasteiger partial charge in [-0.2, -0.15) is 0 Å². The van der Waals surface area contributed by atoms with Crippen molar-refractivity contribution in [1.82, 2.24) is 16.0 Å². The van der Waals surface area contributed by atoms with E-state index in [9.17, 15) is 9.59 Å². The van der Waals surface area contributed by atoms with E-state index in [2.05, 4.69) is 50.6 Å². The van der Waals surface area contributed by atoms with Crippen LogP contribution in [0.5, 0.6) is 0 Å². The highest BCUT2D eigenvalue weighted by Gasteiger charge is 2.68. The largest absolute Gasteiger partial charge is 0.481 e. The van der Waals surface area contributed by atoms with Crippen LogP contribution in [0.4, 0.5) is 0 Å². The van der Waals surface area contributed by atoms with Crippen LogP contribution in [0.1, 0.15) is 65.9 Å². The lowest BCUT2D eigenvalue weighted by Gasteiger charge is -2.64. The molecular formula is C28H42BN3O4. The fraction of sp³-hybridized carbons (Fsp3) is 0.714. The lowest BCUT2D eigenvalue weighted by molar-refractivity contribution is -0.199. The van der Waals surface area contributed by atoms with Crippen molar-refractivity contribution >= 4 is 18.9 Å². The predicted octanol–water partition coefficient (Wildman–Crippen LogP) is 2.87. The Labute approximate surface area is 216 Å². The van der Waals surface area contributed by atoms with Crippen LogP contribution in [0.25, 0.3) is 0 Å². The zero-order valence-corrected chi connectivity index (χ0v) is 22.4. The van der Waals surface area contributed by atoms with Gasteiger partial charge in [-0.3, -0.25) is 9.59 Å². The molecule has 2 amide bonds. The molecule has 2 heterocycles. The first-order chi connectivity index (χ1) is 17.1. The lowest BCUT2D eigenvalue weighted by atomic mass is 9.43. The van der Waals surface area contributed by atoms with Crippen LogP contribution in [0.3, 0.4) is 0 Å². The van der Waals surface area contributed by atoms with Crippen molar-refractivity contribution in [2.45, 2.75) is 96.5 Å². The Morgan fingerprint density at radius 3 is 2.58 bits per heavy atom. The molecule has 7 nitrogen and oxygen atoms in total. The minimum Gasteiger partial charge on any atom is -0.404 e. The van der Waals surface area contributed by atoms with Gasteiger partial charge in [0.25, 0.3) is 0 Å². The number of carbonyl (C=O) groups excluding carboxylic acids is 2. The Morgan fingerprint density at radius 2 is 1.89 bits per heavy atom. The van der Waals surface area contributed by atoms with Crippen molar-refractivity contribution in [1.29, 1.82) is 0 Å². The van der Waals surface area contributed by atoms with E-state index in [4.69, 9.17) is 9.31 Å². The van der Waals surface area contributed by atoms with E-state index in [-0.39, 0.29) is 52.9 Å². The number of amides is 2. The highest BCUT2D eigenvalue weighted by molar-refractivity contribution is 6.48. The number of benzene rings is 1. The minimum atomic E-state index is -0.436. The van der Waals surface area contributed by atoms with Gasteiger partial charge in [0.1, 0.15) is 0 Å². The number of rotatable bonds is 8. The van der Waals surface area contributed by atoms with Crippen molar-refractivity contribution in [2.75, 3.05) is 6.54 Å². The molecule has 2 saturated heterocycles. The number of nitrogens with one attached hydrogen (secondary N) is 3. The Balaban J connectivity index is 1.13. The Bertz CT molecular complexity index is 973. The molecule has 36 heavy (non-hydrogen) atoms. The zero-order chi connectivity index (χ0) is 25.7. The lowest BCUT2D eigenvalue weighted by Crippen LogP contribution is -2.65. The average molecular weight is 495 g/mol. The van der Waals surface area contributed by atoms with E-state index in [0.717, 1.165) is 12.0 Å². The third-order valence-electron chi connectivity index (χ3n) is 9.59. The van der Waals surface area contributed by atoms with E-state index in [1.165, 1.54) is 6.42 Å². The summed E-state index contributed by atoms with van der Waals surface area (Å²) in [5, 5.41) is 9.62. The second kappa shape index (κ2) is 9.77. The predicted molar refractivity (Wildman–Crippen MR) is 140 cm³/mol. The van der Waals surface area contributed by atoms with Gasteiger partial charge in [0.05, 0.1) is 23.7 Å². The summed E-state index contributed by atoms with van der Waals surface area (Å²) in [6.07, 6.45) is 4.08. The molecule has 3 N–H and O–H groups in total. The van der Waals surface area contributed by atoms with Gasteiger partial charge in [0, 0.05) is 19.0 Å². The maximum atomic E-state index is 13.2. The van der Waals surface area contributed by atoms with Crippen molar-refractivity contribution in [2.24, 2.45) is 23.2 Å². The van der Waals surface area contributed by atoms with E-state index < -0.39 is 7.12 Å². The molecule has 196 valence electrons. The van der Waals surface area contributed by atoms with Gasteiger partial charge >= 0.3 is 7.12 Å². The van der Waals surface area contributed by atoms with Crippen LogP contribution < -0.4 is 16.0 Å². The number of aryl methyl sites for hydroxylation is 1. The van der Waals surface area contributed by atoms with Gasteiger partial charge in [-0.05, 0) is 61.3 Å². The summed E-state index contributed by atoms with van der Waals surface area (Å²) >= 11 is 0. The summed E-state index contributed by atoms with van der Waals surface area (Å²) in [7, 11) is -0.436. The Kier molecular flexibility index (Phi) is 6.98. The standard InChI is InChI=1S/C28H42BN3O4/c1-17(2)25(29-35-23-14-19-13-22(27(19,3)4)28(23,5)36-29)32-26(34)21-15-20(16-30-21)31-24(33)12-11-18-9-7-6-8-10-18/h6-10,17,19-23,25,30H,11-16H2,1-5H3,(H,31,33)(H,32,34)/t19-,20-,21-,22-,23+,25-,28-/m0/s1. The summed E-state index contributed by atoms with van der Waals surface area (Å²) in [6, 6.07) is 9.64. The number of hydrogen-bond acceptors (Lipinski definition) is 5. The normalized spacial score (nSPS) is 35.2. The summed E-state index contributed by atoms with van der Waals surface area (Å²) in [5.41, 5.74) is 1.15. The molecule has 0 unspecified atom stereocenters. The minimum absolute atomic E-state index is 0.0247. The summed E-state index contributed by atoms with van der Waals surface area (Å²) in [6.45, 7) is 11.7. The van der Waals surface area contributed by atoms with Gasteiger partial charge in [0.2, 0.25) is 11.8 Å². The van der Waals surface area contributed by atoms with Crippen LogP contribution in [-0.2, 0) is 25.3 Å². The van der Waals surface area contributed by atoms with Gasteiger partial charge in [-0.15, -0.1) is 0 Å². The monoisotopic (exact) mass is 495 g/mol. The summed E-state index contributed by atoms with van der Waals surface area (Å²) in [4.78, 5) is 25.7. The summed E-state index contributed by atoms with van der Waals surface area (Å²) < 4.78 is 13.1. The van der Waals surface area contributed by atoms with E-state index in [1.807, 2.05) is 30.3 Å². The van der Waals surface area contributed by atoms with Crippen LogP contribution >= 0.6 is 0 Å². The molecule has 0 spiro atoms. The maximum Gasteiger partial charge on any atom is 0.481 e. The molecule has 7 atom stereocenters. The second-order valence-electron chi connectivity index (χ2n) is 12.6. The topological polar surface area (TPSA) is 88.7 Å². The van der Waals surface area contributed by atoms with Crippen molar-refractivity contribution < 1.29 is 18.9 Å². The van der Waals surface area contributed by atoms with Crippen LogP contribution in [0.2, 0.25) is 0 Å². The first-order valence-corrected chi connectivity index (χ1v) is 13.8. The van der Waals surface area contributed by atoms with Gasteiger partial charge in [-0.25, -0.2) is 0 Å². The average Bonchev–Trinajstić information content (AvgIpc) is 3.45. The molecular weight excluding hydrogens is 453 g/mol. The fourth-order valence-electron chi connectivity index (χ4n) is 7.11. The van der Waals surface area contributed by atoms with Crippen molar-refractivity contribution in [3.05, 3.63) is 35.9 Å². The van der Waals surface area contributed by atoms with E-state index in [0.29, 0.717) is 37.6 Å². The van der Waals surface area contributed by atoms with Crippen molar-refractivity contribution in [3.63, 3.8) is 0 Å². The van der Waals surface area contributed by atoms with Gasteiger partial charge in [-0.1, -0.05) is 58.0 Å². The molecule has 1 aromatic rings. The van der Waals surface area contributed by atoms with Crippen LogP contribution in [0.15, 0.2) is 30.3 Å². The molecule has 8 heteroatoms. The number of hydrogen-bond donors (Lipinski definition) is 3.